The number of halogens is 3. The molecule has 0 radical (unpaired) electrons. The number of benzene rings is 1. The predicted molar refractivity (Wildman–Crippen MR) is 72.9 cm³/mol. The van der Waals surface area contributed by atoms with Crippen LogP contribution in [0.1, 0.15) is 37.2 Å². The second-order valence-electron chi connectivity index (χ2n) is 5.06. The van der Waals surface area contributed by atoms with Crippen LogP contribution in [-0.2, 0) is 10.0 Å². The smallest absolute Gasteiger partial charge is 0.276 e. The normalized spacial score (nSPS) is 16.7. The molecule has 0 spiro atoms. The Morgan fingerprint density at radius 2 is 1.82 bits per heavy atom. The van der Waals surface area contributed by atoms with Crippen molar-refractivity contribution in [3.05, 3.63) is 33.9 Å². The fourth-order valence-electron chi connectivity index (χ4n) is 2.53. The second-order valence-corrected chi connectivity index (χ2v) is 6.74. The van der Waals surface area contributed by atoms with Gasteiger partial charge in [-0.1, -0.05) is 12.8 Å². The number of non-ortho nitro benzene ring substituents is 1. The van der Waals surface area contributed by atoms with Gasteiger partial charge in [0.2, 0.25) is 0 Å². The van der Waals surface area contributed by atoms with E-state index >= 15 is 0 Å². The lowest BCUT2D eigenvalue weighted by Crippen LogP contribution is -2.30. The minimum Gasteiger partial charge on any atom is -0.276 e. The first-order valence-electron chi connectivity index (χ1n) is 6.49. The van der Waals surface area contributed by atoms with Gasteiger partial charge in [0.1, 0.15) is 0 Å². The summed E-state index contributed by atoms with van der Waals surface area (Å²) in [6.07, 6.45) is 3.00. The molecule has 0 bridgehead atoms. The Hall–Kier alpha value is -1.84. The van der Waals surface area contributed by atoms with E-state index in [4.69, 9.17) is 0 Å². The Kier molecular flexibility index (Phi) is 4.32. The summed E-state index contributed by atoms with van der Waals surface area (Å²) in [5.41, 5.74) is -5.74. The van der Waals surface area contributed by atoms with Gasteiger partial charge in [-0.2, -0.15) is 21.6 Å². The lowest BCUT2D eigenvalue weighted by atomic mass is 9.95. The highest BCUT2D eigenvalue weighted by Gasteiger charge is 2.46. The Morgan fingerprint density at radius 1 is 1.23 bits per heavy atom. The molecular weight excluding hydrogens is 325 g/mol. The Bertz CT molecular complexity index is 682. The van der Waals surface area contributed by atoms with E-state index in [0.717, 1.165) is 31.0 Å². The fourth-order valence-corrected chi connectivity index (χ4v) is 3.12. The summed E-state index contributed by atoms with van der Waals surface area (Å²) in [4.78, 5) is 10.1. The lowest BCUT2D eigenvalue weighted by molar-refractivity contribution is -0.384. The molecule has 22 heavy (non-hydrogen) atoms. The topological polar surface area (TPSA) is 89.3 Å². The molecule has 10 heteroatoms. The van der Waals surface area contributed by atoms with Crippen molar-refractivity contribution in [1.82, 2.24) is 0 Å². The molecule has 1 aliphatic carbocycles. The van der Waals surface area contributed by atoms with Crippen LogP contribution in [-0.4, -0.2) is 18.8 Å². The minimum atomic E-state index is -5.56. The number of nitrogens with one attached hydrogen (secondary N) is 1. The Labute approximate surface area is 124 Å². The number of hydrogen-bond acceptors (Lipinski definition) is 4. The van der Waals surface area contributed by atoms with Crippen molar-refractivity contribution in [2.24, 2.45) is 0 Å². The number of nitro benzene ring substituents is 1. The SMILES string of the molecule is O=[N+]([O-])c1ccc(NS(=O)(=O)C(F)(F)F)c(C2CCCC2)c1. The fraction of sp³-hybridized carbons (Fsp3) is 0.500. The van der Waals surface area contributed by atoms with Crippen molar-refractivity contribution in [3.63, 3.8) is 0 Å². The van der Waals surface area contributed by atoms with Crippen LogP contribution in [0.2, 0.25) is 0 Å². The maximum Gasteiger partial charge on any atom is 0.516 e. The monoisotopic (exact) mass is 338 g/mol. The molecule has 1 N–H and O–H groups in total. The first-order valence-corrected chi connectivity index (χ1v) is 7.97. The van der Waals surface area contributed by atoms with E-state index < -0.39 is 20.5 Å². The molecule has 0 unspecified atom stereocenters. The summed E-state index contributed by atoms with van der Waals surface area (Å²) in [5, 5.41) is 10.8. The van der Waals surface area contributed by atoms with Gasteiger partial charge in [-0.15, -0.1) is 0 Å². The molecule has 0 aromatic heterocycles. The van der Waals surface area contributed by atoms with E-state index in [9.17, 15) is 31.7 Å². The van der Waals surface area contributed by atoms with Gasteiger partial charge in [-0.05, 0) is 30.4 Å². The zero-order chi connectivity index (χ0) is 16.5. The highest BCUT2D eigenvalue weighted by Crippen LogP contribution is 2.40. The lowest BCUT2D eigenvalue weighted by Gasteiger charge is -2.17. The summed E-state index contributed by atoms with van der Waals surface area (Å²) in [6, 6.07) is 3.13. The maximum absolute atomic E-state index is 12.5. The van der Waals surface area contributed by atoms with Crippen LogP contribution in [0.25, 0.3) is 0 Å². The molecule has 0 aliphatic heterocycles. The zero-order valence-electron chi connectivity index (χ0n) is 11.3. The van der Waals surface area contributed by atoms with Gasteiger partial charge in [-0.25, -0.2) is 0 Å². The van der Waals surface area contributed by atoms with Crippen molar-refractivity contribution in [3.8, 4) is 0 Å². The van der Waals surface area contributed by atoms with Crippen LogP contribution in [0.3, 0.4) is 0 Å². The van der Waals surface area contributed by atoms with Crippen molar-refractivity contribution >= 4 is 21.4 Å². The molecule has 1 aromatic rings. The molecule has 1 fully saturated rings. The zero-order valence-corrected chi connectivity index (χ0v) is 12.1. The van der Waals surface area contributed by atoms with Crippen molar-refractivity contribution in [2.45, 2.75) is 37.1 Å². The highest BCUT2D eigenvalue weighted by molar-refractivity contribution is 7.93. The van der Waals surface area contributed by atoms with E-state index in [1.165, 1.54) is 4.72 Å². The second kappa shape index (κ2) is 5.75. The molecule has 1 aliphatic rings. The quantitative estimate of drug-likeness (QED) is 0.672. The number of sulfonamides is 1. The molecular formula is C12H13F3N2O4S. The van der Waals surface area contributed by atoms with E-state index in [-0.39, 0.29) is 22.9 Å². The number of anilines is 1. The summed E-state index contributed by atoms with van der Waals surface area (Å²) in [5.74, 6) is -0.189. The molecule has 6 nitrogen and oxygen atoms in total. The number of nitro groups is 1. The summed E-state index contributed by atoms with van der Waals surface area (Å²) in [7, 11) is -5.56. The van der Waals surface area contributed by atoms with Crippen LogP contribution >= 0.6 is 0 Å². The molecule has 1 saturated carbocycles. The highest BCUT2D eigenvalue weighted by atomic mass is 32.2. The van der Waals surface area contributed by atoms with E-state index in [0.29, 0.717) is 12.8 Å². The van der Waals surface area contributed by atoms with Crippen LogP contribution in [0, 0.1) is 10.1 Å². The number of nitrogens with zero attached hydrogens (tertiary/aromatic N) is 1. The third kappa shape index (κ3) is 3.32. The summed E-state index contributed by atoms with van der Waals surface area (Å²) < 4.78 is 61.4. The average Bonchev–Trinajstić information content (AvgIpc) is 2.90. The van der Waals surface area contributed by atoms with Crippen molar-refractivity contribution in [1.29, 1.82) is 0 Å². The molecule has 0 amide bonds. The molecule has 1 aromatic carbocycles. The van der Waals surface area contributed by atoms with Gasteiger partial charge in [0.25, 0.3) is 5.69 Å². The third-order valence-electron chi connectivity index (χ3n) is 3.59. The van der Waals surface area contributed by atoms with Crippen LogP contribution in [0.5, 0.6) is 0 Å². The van der Waals surface area contributed by atoms with E-state index in [2.05, 4.69) is 0 Å². The minimum absolute atomic E-state index is 0.189. The molecule has 2 rings (SSSR count). The Morgan fingerprint density at radius 3 is 2.32 bits per heavy atom. The van der Waals surface area contributed by atoms with Crippen molar-refractivity contribution in [2.75, 3.05) is 4.72 Å². The molecule has 0 heterocycles. The van der Waals surface area contributed by atoms with Gasteiger partial charge in [0, 0.05) is 12.1 Å². The van der Waals surface area contributed by atoms with Crippen LogP contribution < -0.4 is 4.72 Å². The van der Waals surface area contributed by atoms with Crippen molar-refractivity contribution < 1.29 is 26.5 Å². The first-order chi connectivity index (χ1) is 10.1. The summed E-state index contributed by atoms with van der Waals surface area (Å²) >= 11 is 0. The van der Waals surface area contributed by atoms with Gasteiger partial charge >= 0.3 is 15.5 Å². The van der Waals surface area contributed by atoms with Gasteiger partial charge in [0.15, 0.2) is 0 Å². The molecule has 0 saturated heterocycles. The largest absolute Gasteiger partial charge is 0.516 e. The third-order valence-corrected chi connectivity index (χ3v) is 4.69. The van der Waals surface area contributed by atoms with Gasteiger partial charge < -0.3 is 0 Å². The number of rotatable bonds is 4. The summed E-state index contributed by atoms with van der Waals surface area (Å²) in [6.45, 7) is 0. The van der Waals surface area contributed by atoms with E-state index in [1.54, 1.807) is 0 Å². The standard InChI is InChI=1S/C12H13F3N2O4S/c13-12(14,15)22(20,21)16-11-6-5-9(17(18)19)7-10(11)8-3-1-2-4-8/h5-8,16H,1-4H2. The van der Waals surface area contributed by atoms with Gasteiger partial charge in [0.05, 0.1) is 10.6 Å². The van der Waals surface area contributed by atoms with E-state index in [1.807, 2.05) is 0 Å². The molecule has 0 atom stereocenters. The Balaban J connectivity index is 2.44. The average molecular weight is 338 g/mol. The predicted octanol–water partition coefficient (Wildman–Crippen LogP) is 3.51. The maximum atomic E-state index is 12.5. The van der Waals surface area contributed by atoms with Crippen LogP contribution in [0.4, 0.5) is 24.5 Å². The molecule has 122 valence electrons. The first kappa shape index (κ1) is 16.5. The van der Waals surface area contributed by atoms with Gasteiger partial charge in [-0.3, -0.25) is 14.8 Å². The number of alkyl halides is 3. The van der Waals surface area contributed by atoms with Crippen LogP contribution in [0.15, 0.2) is 18.2 Å². The number of hydrogen-bond donors (Lipinski definition) is 1.